The van der Waals surface area contributed by atoms with E-state index in [0.29, 0.717) is 18.7 Å². The molecule has 0 atom stereocenters. The van der Waals surface area contributed by atoms with E-state index in [0.717, 1.165) is 5.56 Å². The van der Waals surface area contributed by atoms with Crippen LogP contribution < -0.4 is 20.1 Å². The molecule has 0 saturated carbocycles. The van der Waals surface area contributed by atoms with Crippen LogP contribution in [-0.2, 0) is 27.2 Å². The number of aromatic nitrogens is 4. The van der Waals surface area contributed by atoms with Gasteiger partial charge in [-0.25, -0.2) is 9.37 Å². The van der Waals surface area contributed by atoms with Crippen molar-refractivity contribution >= 4 is 29.1 Å². The molecule has 0 unspecified atom stereocenters. The summed E-state index contributed by atoms with van der Waals surface area (Å²) in [7, 11) is 4.60. The number of hydrogen-bond donors (Lipinski definition) is 3. The monoisotopic (exact) mass is 573 g/mol. The number of aliphatic hydroxyl groups is 1. The zero-order valence-electron chi connectivity index (χ0n) is 22.0. The van der Waals surface area contributed by atoms with Crippen LogP contribution in [0.1, 0.15) is 33.0 Å². The first kappa shape index (κ1) is 28.7. The molecule has 0 bridgehead atoms. The second kappa shape index (κ2) is 12.3. The maximum Gasteiger partial charge on any atom is 0.291 e. The van der Waals surface area contributed by atoms with Gasteiger partial charge < -0.3 is 25.0 Å². The van der Waals surface area contributed by atoms with E-state index in [1.54, 1.807) is 0 Å². The van der Waals surface area contributed by atoms with Gasteiger partial charge in [0.05, 0.1) is 54.4 Å². The van der Waals surface area contributed by atoms with Crippen molar-refractivity contribution in [2.24, 2.45) is 14.1 Å². The van der Waals surface area contributed by atoms with Crippen molar-refractivity contribution in [3.63, 3.8) is 0 Å². The van der Waals surface area contributed by atoms with Crippen LogP contribution in [0.2, 0.25) is 5.02 Å². The first-order valence-electron chi connectivity index (χ1n) is 12.2. The highest BCUT2D eigenvalue weighted by Crippen LogP contribution is 2.30. The lowest BCUT2D eigenvalue weighted by atomic mass is 10.1. The third kappa shape index (κ3) is 5.97. The normalized spacial score (nSPS) is 11.0. The molecule has 2 heterocycles. The van der Waals surface area contributed by atoms with E-state index in [-0.39, 0.29) is 46.6 Å². The molecule has 13 heteroatoms. The Labute approximate surface area is 233 Å². The molecule has 4 aromatic rings. The fourth-order valence-corrected chi connectivity index (χ4v) is 4.44. The molecule has 40 heavy (non-hydrogen) atoms. The number of nitrogens with zero attached hydrogens (tertiary/aromatic N) is 4. The van der Waals surface area contributed by atoms with Gasteiger partial charge in [-0.3, -0.25) is 9.59 Å². The van der Waals surface area contributed by atoms with Crippen LogP contribution in [-0.4, -0.2) is 44.9 Å². The summed E-state index contributed by atoms with van der Waals surface area (Å²) in [4.78, 5) is 29.7. The third-order valence-electron chi connectivity index (χ3n) is 6.28. The van der Waals surface area contributed by atoms with Crippen molar-refractivity contribution in [1.29, 1.82) is 0 Å². The van der Waals surface area contributed by atoms with Crippen LogP contribution in [0.5, 0.6) is 5.75 Å². The first-order valence-corrected chi connectivity index (χ1v) is 12.6. The van der Waals surface area contributed by atoms with Crippen LogP contribution in [0.3, 0.4) is 0 Å². The van der Waals surface area contributed by atoms with Gasteiger partial charge in [-0.05, 0) is 36.8 Å². The van der Waals surface area contributed by atoms with Gasteiger partial charge in [-0.15, -0.1) is 4.68 Å². The Morgan fingerprint density at radius 1 is 1.18 bits per heavy atom. The summed E-state index contributed by atoms with van der Waals surface area (Å²) in [5.74, 6) is -3.56. The van der Waals surface area contributed by atoms with Crippen LogP contribution in [0.15, 0.2) is 48.9 Å². The average molecular weight is 574 g/mol. The van der Waals surface area contributed by atoms with Gasteiger partial charge in [-0.2, -0.15) is 9.07 Å². The average Bonchev–Trinajstić information content (AvgIpc) is 3.49. The second-order valence-corrected chi connectivity index (χ2v) is 9.36. The van der Waals surface area contributed by atoms with E-state index < -0.39 is 23.4 Å². The SMILES string of the molecule is COc1ccc(-c2cnc(C(=O)Nc3ccc(C(=O)NCc4cn(CCCO)[n+](C)c4)c(Cl)c3)n2C)c(F)c1F. The fraction of sp³-hybridized carbons (Fsp3) is 0.259. The lowest BCUT2D eigenvalue weighted by Gasteiger charge is -2.11. The summed E-state index contributed by atoms with van der Waals surface area (Å²) >= 11 is 6.34. The molecule has 2 aromatic heterocycles. The maximum atomic E-state index is 14.6. The largest absolute Gasteiger partial charge is 0.494 e. The number of benzene rings is 2. The number of methoxy groups -OCH3 is 1. The van der Waals surface area contributed by atoms with Crippen molar-refractivity contribution in [2.75, 3.05) is 19.0 Å². The summed E-state index contributed by atoms with van der Waals surface area (Å²) in [6.45, 7) is 1.01. The number of halogens is 3. The number of hydrogen-bond acceptors (Lipinski definition) is 5. The van der Waals surface area contributed by atoms with Gasteiger partial charge in [0.25, 0.3) is 11.8 Å². The lowest BCUT2D eigenvalue weighted by molar-refractivity contribution is -0.753. The third-order valence-corrected chi connectivity index (χ3v) is 6.59. The number of carbonyl (C=O) groups excluding carboxylic acids is 2. The molecule has 0 fully saturated rings. The molecular weight excluding hydrogens is 546 g/mol. The minimum Gasteiger partial charge on any atom is -0.494 e. The Morgan fingerprint density at radius 2 is 1.95 bits per heavy atom. The first-order chi connectivity index (χ1) is 19.1. The van der Waals surface area contributed by atoms with Crippen molar-refractivity contribution in [2.45, 2.75) is 19.5 Å². The van der Waals surface area contributed by atoms with E-state index >= 15 is 0 Å². The summed E-state index contributed by atoms with van der Waals surface area (Å²) in [6.07, 6.45) is 5.65. The Hall–Kier alpha value is -4.29. The Balaban J connectivity index is 1.43. The number of nitrogens with one attached hydrogen (secondary N) is 2. The highest BCUT2D eigenvalue weighted by atomic mass is 35.5. The maximum absolute atomic E-state index is 14.6. The van der Waals surface area contributed by atoms with Gasteiger partial charge in [0.15, 0.2) is 30.6 Å². The van der Waals surface area contributed by atoms with Crippen molar-refractivity contribution in [3.8, 4) is 17.0 Å². The van der Waals surface area contributed by atoms with E-state index in [4.69, 9.17) is 21.4 Å². The molecule has 0 aliphatic carbocycles. The zero-order valence-corrected chi connectivity index (χ0v) is 22.8. The summed E-state index contributed by atoms with van der Waals surface area (Å²) < 4.78 is 38.7. The quantitative estimate of drug-likeness (QED) is 0.252. The predicted octanol–water partition coefficient (Wildman–Crippen LogP) is 3.22. The van der Waals surface area contributed by atoms with E-state index in [9.17, 15) is 18.4 Å². The van der Waals surface area contributed by atoms with Crippen molar-refractivity contribution in [3.05, 3.63) is 82.5 Å². The predicted molar refractivity (Wildman–Crippen MR) is 143 cm³/mol. The van der Waals surface area contributed by atoms with Gasteiger partial charge >= 0.3 is 0 Å². The van der Waals surface area contributed by atoms with Gasteiger partial charge in [0, 0.05) is 24.9 Å². The molecule has 0 aliphatic heterocycles. The Kier molecular flexibility index (Phi) is 8.80. The topological polar surface area (TPSA) is 114 Å². The van der Waals surface area contributed by atoms with Crippen LogP contribution in [0, 0.1) is 11.6 Å². The van der Waals surface area contributed by atoms with Crippen LogP contribution in [0.4, 0.5) is 14.5 Å². The molecule has 2 aromatic carbocycles. The zero-order chi connectivity index (χ0) is 29.0. The number of aryl methyl sites for hydroxylation is 2. The van der Waals surface area contributed by atoms with Crippen molar-refractivity contribution in [1.82, 2.24) is 19.5 Å². The number of anilines is 1. The second-order valence-electron chi connectivity index (χ2n) is 8.95. The molecule has 0 spiro atoms. The number of aliphatic hydroxyl groups excluding tert-OH is 1. The minimum atomic E-state index is -1.14. The number of amides is 2. The number of rotatable bonds is 10. The molecule has 10 nitrogen and oxygen atoms in total. The molecule has 0 saturated heterocycles. The van der Waals surface area contributed by atoms with E-state index in [2.05, 4.69) is 15.6 Å². The number of imidazole rings is 1. The molecular formula is C27H28ClF2N6O4+. The standard InChI is InChI=1S/C27H27ClF2N6O4/c1-34-14-16(15-36(34)9-4-10-37)12-32-26(38)18-6-5-17(11-20(18)28)33-27(39)25-31-13-21(35(25)2)19-7-8-22(40-3)24(30)23(19)29/h5-8,11,13-15,37H,4,9-10,12H2,1-3H3,(H-,32,33,38,39)/p+1. The highest BCUT2D eigenvalue weighted by molar-refractivity contribution is 6.34. The van der Waals surface area contributed by atoms with Gasteiger partial charge in [-0.1, -0.05) is 11.6 Å². The molecule has 3 N–H and O–H groups in total. The minimum absolute atomic E-state index is 0.0531. The van der Waals surface area contributed by atoms with Gasteiger partial charge in [0.1, 0.15) is 0 Å². The van der Waals surface area contributed by atoms with Crippen LogP contribution >= 0.6 is 11.6 Å². The fourth-order valence-electron chi connectivity index (χ4n) is 4.18. The summed E-state index contributed by atoms with van der Waals surface area (Å²) in [5.41, 5.74) is 1.51. The Morgan fingerprint density at radius 3 is 2.65 bits per heavy atom. The molecule has 210 valence electrons. The lowest BCUT2D eigenvalue weighted by Crippen LogP contribution is -2.38. The molecule has 0 radical (unpaired) electrons. The number of carbonyl (C=O) groups is 2. The molecule has 0 aliphatic rings. The van der Waals surface area contributed by atoms with E-state index in [1.807, 2.05) is 28.8 Å². The molecule has 4 rings (SSSR count). The molecule has 2 amide bonds. The van der Waals surface area contributed by atoms with Gasteiger partial charge in [0.2, 0.25) is 5.82 Å². The summed E-state index contributed by atoms with van der Waals surface area (Å²) in [5, 5.41) is 14.6. The summed E-state index contributed by atoms with van der Waals surface area (Å²) in [6, 6.07) is 7.06. The van der Waals surface area contributed by atoms with Crippen molar-refractivity contribution < 1.29 is 32.9 Å². The Bertz CT molecular complexity index is 1570. The van der Waals surface area contributed by atoms with Crippen LogP contribution in [0.25, 0.3) is 11.3 Å². The van der Waals surface area contributed by atoms with E-state index in [1.165, 1.54) is 55.3 Å². The smallest absolute Gasteiger partial charge is 0.291 e. The highest BCUT2D eigenvalue weighted by Gasteiger charge is 2.22. The number of ether oxygens (including phenoxy) is 1.